The summed E-state index contributed by atoms with van der Waals surface area (Å²) in [6.07, 6.45) is 1.28. The van der Waals surface area contributed by atoms with E-state index in [4.69, 9.17) is 0 Å². The van der Waals surface area contributed by atoms with Crippen molar-refractivity contribution in [1.29, 1.82) is 0 Å². The molecule has 2 rings (SSSR count). The van der Waals surface area contributed by atoms with Gasteiger partial charge in [-0.3, -0.25) is 4.31 Å². The molecule has 1 aliphatic rings. The van der Waals surface area contributed by atoms with Crippen molar-refractivity contribution in [3.8, 4) is 0 Å². The number of para-hydroxylation sites is 2. The molecule has 21 heavy (non-hydrogen) atoms. The number of rotatable bonds is 5. The van der Waals surface area contributed by atoms with Gasteiger partial charge in [0.2, 0.25) is 10.0 Å². The van der Waals surface area contributed by atoms with Gasteiger partial charge in [-0.1, -0.05) is 26.0 Å². The summed E-state index contributed by atoms with van der Waals surface area (Å²) < 4.78 is 25.9. The second kappa shape index (κ2) is 6.66. The minimum absolute atomic E-state index is 0.274. The zero-order chi connectivity index (χ0) is 15.5. The average Bonchev–Trinajstić information content (AvgIpc) is 2.44. The summed E-state index contributed by atoms with van der Waals surface area (Å²) >= 11 is 0. The molecule has 1 N–H and O–H groups in total. The minimum atomic E-state index is -3.28. The molecule has 0 amide bonds. The van der Waals surface area contributed by atoms with Gasteiger partial charge in [0.05, 0.1) is 17.6 Å². The van der Waals surface area contributed by atoms with Crippen molar-refractivity contribution < 1.29 is 8.42 Å². The van der Waals surface area contributed by atoms with Crippen LogP contribution in [0.4, 0.5) is 11.4 Å². The first kappa shape index (κ1) is 16.1. The molecule has 0 spiro atoms. The highest BCUT2D eigenvalue weighted by atomic mass is 32.2. The van der Waals surface area contributed by atoms with Crippen LogP contribution in [-0.2, 0) is 10.0 Å². The Morgan fingerprint density at radius 2 is 1.86 bits per heavy atom. The quantitative estimate of drug-likeness (QED) is 0.896. The van der Waals surface area contributed by atoms with Crippen molar-refractivity contribution in [3.63, 3.8) is 0 Å². The Morgan fingerprint density at radius 3 is 2.43 bits per heavy atom. The van der Waals surface area contributed by atoms with E-state index < -0.39 is 10.0 Å². The highest BCUT2D eigenvalue weighted by Gasteiger charge is 2.23. The molecule has 1 aliphatic heterocycles. The third-order valence-electron chi connectivity index (χ3n) is 3.54. The number of benzene rings is 1. The topological polar surface area (TPSA) is 52.6 Å². The lowest BCUT2D eigenvalue weighted by Gasteiger charge is -2.34. The predicted octanol–water partition coefficient (Wildman–Crippen LogP) is 1.52. The van der Waals surface area contributed by atoms with Crippen LogP contribution in [0, 0.1) is 5.92 Å². The van der Waals surface area contributed by atoms with Gasteiger partial charge in [0, 0.05) is 32.7 Å². The Bertz CT molecular complexity index is 566. The molecule has 6 heteroatoms. The molecule has 1 saturated heterocycles. The molecular formula is C15H25N3O2S. The minimum Gasteiger partial charge on any atom is -0.367 e. The maximum Gasteiger partial charge on any atom is 0.232 e. The van der Waals surface area contributed by atoms with E-state index in [0.717, 1.165) is 37.6 Å². The van der Waals surface area contributed by atoms with Crippen LogP contribution in [0.2, 0.25) is 0 Å². The normalized spacial score (nSPS) is 16.3. The van der Waals surface area contributed by atoms with Crippen LogP contribution < -0.4 is 14.5 Å². The first-order chi connectivity index (χ1) is 9.89. The lowest BCUT2D eigenvalue weighted by molar-refractivity contribution is 0.579. The zero-order valence-corrected chi connectivity index (χ0v) is 13.9. The summed E-state index contributed by atoms with van der Waals surface area (Å²) in [5.41, 5.74) is 1.79. The molecule has 0 bridgehead atoms. The van der Waals surface area contributed by atoms with Gasteiger partial charge >= 0.3 is 0 Å². The van der Waals surface area contributed by atoms with Gasteiger partial charge in [-0.2, -0.15) is 0 Å². The molecule has 1 fully saturated rings. The Hall–Kier alpha value is -1.27. The summed E-state index contributed by atoms with van der Waals surface area (Å²) in [6, 6.07) is 7.79. The van der Waals surface area contributed by atoms with Crippen molar-refractivity contribution in [2.24, 2.45) is 5.92 Å². The standard InChI is InChI=1S/C15H25N3O2S/c1-13(2)12-18(21(3,19)20)15-7-5-4-6-14(15)17-10-8-16-9-11-17/h4-7,13,16H,8-12H2,1-3H3. The fourth-order valence-corrected chi connectivity index (χ4v) is 3.67. The van der Waals surface area contributed by atoms with Gasteiger partial charge in [-0.05, 0) is 18.1 Å². The lowest BCUT2D eigenvalue weighted by atomic mass is 10.2. The molecule has 0 aromatic heterocycles. The second-order valence-corrected chi connectivity index (χ2v) is 7.82. The number of sulfonamides is 1. The van der Waals surface area contributed by atoms with E-state index in [1.165, 1.54) is 10.6 Å². The van der Waals surface area contributed by atoms with E-state index in [1.807, 2.05) is 38.1 Å². The van der Waals surface area contributed by atoms with Gasteiger partial charge in [0.25, 0.3) is 0 Å². The summed E-state index contributed by atoms with van der Waals surface area (Å²) in [5.74, 6) is 0.274. The van der Waals surface area contributed by atoms with Crippen LogP contribution >= 0.6 is 0 Å². The predicted molar refractivity (Wildman–Crippen MR) is 88.6 cm³/mol. The van der Waals surface area contributed by atoms with Crippen LogP contribution in [0.1, 0.15) is 13.8 Å². The highest BCUT2D eigenvalue weighted by molar-refractivity contribution is 7.92. The molecule has 0 unspecified atom stereocenters. The number of hydrogen-bond donors (Lipinski definition) is 1. The number of nitrogens with one attached hydrogen (secondary N) is 1. The lowest BCUT2D eigenvalue weighted by Crippen LogP contribution is -2.44. The fraction of sp³-hybridized carbons (Fsp3) is 0.600. The van der Waals surface area contributed by atoms with Crippen molar-refractivity contribution in [1.82, 2.24) is 5.32 Å². The summed E-state index contributed by atoms with van der Waals surface area (Å²) in [5, 5.41) is 3.32. The van der Waals surface area contributed by atoms with Crippen LogP contribution in [0.15, 0.2) is 24.3 Å². The molecule has 0 atom stereocenters. The Morgan fingerprint density at radius 1 is 1.24 bits per heavy atom. The molecule has 0 radical (unpaired) electrons. The van der Waals surface area contributed by atoms with Crippen molar-refractivity contribution in [2.45, 2.75) is 13.8 Å². The summed E-state index contributed by atoms with van der Waals surface area (Å²) in [7, 11) is -3.28. The molecule has 0 aliphatic carbocycles. The number of hydrogen-bond acceptors (Lipinski definition) is 4. The molecule has 118 valence electrons. The van der Waals surface area contributed by atoms with Gasteiger partial charge in [0.15, 0.2) is 0 Å². The maximum absolute atomic E-state index is 12.2. The first-order valence-corrected chi connectivity index (χ1v) is 9.27. The summed E-state index contributed by atoms with van der Waals surface area (Å²) in [6.45, 7) is 8.22. The van der Waals surface area contributed by atoms with Gasteiger partial charge in [0.1, 0.15) is 0 Å². The zero-order valence-electron chi connectivity index (χ0n) is 13.0. The van der Waals surface area contributed by atoms with Crippen molar-refractivity contribution in [3.05, 3.63) is 24.3 Å². The van der Waals surface area contributed by atoms with Crippen molar-refractivity contribution in [2.75, 3.05) is 48.2 Å². The molecule has 1 heterocycles. The number of piperazine rings is 1. The van der Waals surface area contributed by atoms with Gasteiger partial charge in [-0.25, -0.2) is 8.42 Å². The number of nitrogens with zero attached hydrogens (tertiary/aromatic N) is 2. The summed E-state index contributed by atoms with van der Waals surface area (Å²) in [4.78, 5) is 2.25. The van der Waals surface area contributed by atoms with Crippen molar-refractivity contribution >= 4 is 21.4 Å². The van der Waals surface area contributed by atoms with E-state index in [1.54, 1.807) is 0 Å². The molecule has 1 aromatic rings. The van der Waals surface area contributed by atoms with E-state index in [9.17, 15) is 8.42 Å². The molecule has 0 saturated carbocycles. The van der Waals surface area contributed by atoms with E-state index in [2.05, 4.69) is 10.2 Å². The van der Waals surface area contributed by atoms with Crippen LogP contribution in [0.5, 0.6) is 0 Å². The first-order valence-electron chi connectivity index (χ1n) is 7.42. The fourth-order valence-electron chi connectivity index (χ4n) is 2.59. The smallest absolute Gasteiger partial charge is 0.232 e. The van der Waals surface area contributed by atoms with Crippen LogP contribution in [0.3, 0.4) is 0 Å². The van der Waals surface area contributed by atoms with Gasteiger partial charge < -0.3 is 10.2 Å². The largest absolute Gasteiger partial charge is 0.367 e. The van der Waals surface area contributed by atoms with E-state index in [0.29, 0.717) is 6.54 Å². The Labute approximate surface area is 128 Å². The Balaban J connectivity index is 2.40. The molecular weight excluding hydrogens is 286 g/mol. The average molecular weight is 311 g/mol. The SMILES string of the molecule is CC(C)CN(c1ccccc1N1CCNCC1)S(C)(=O)=O. The van der Waals surface area contributed by atoms with E-state index >= 15 is 0 Å². The van der Waals surface area contributed by atoms with Gasteiger partial charge in [-0.15, -0.1) is 0 Å². The van der Waals surface area contributed by atoms with E-state index in [-0.39, 0.29) is 5.92 Å². The second-order valence-electron chi connectivity index (χ2n) is 5.91. The number of anilines is 2. The third kappa shape index (κ3) is 4.11. The Kier molecular flexibility index (Phi) is 5.11. The van der Waals surface area contributed by atoms with Crippen LogP contribution in [0.25, 0.3) is 0 Å². The monoisotopic (exact) mass is 311 g/mol. The third-order valence-corrected chi connectivity index (χ3v) is 4.69. The molecule has 5 nitrogen and oxygen atoms in total. The van der Waals surface area contributed by atoms with Crippen LogP contribution in [-0.4, -0.2) is 47.4 Å². The molecule has 1 aromatic carbocycles. The maximum atomic E-state index is 12.2. The highest BCUT2D eigenvalue weighted by Crippen LogP contribution is 2.31.